The summed E-state index contributed by atoms with van der Waals surface area (Å²) in [6, 6.07) is 13.8. The zero-order valence-corrected chi connectivity index (χ0v) is 16.1. The van der Waals surface area contributed by atoms with Gasteiger partial charge < -0.3 is 11.1 Å². The molecule has 2 amide bonds. The van der Waals surface area contributed by atoms with Crippen molar-refractivity contribution in [2.45, 2.75) is 13.3 Å². The molecule has 2 rings (SSSR count). The van der Waals surface area contributed by atoms with Crippen LogP contribution in [0.2, 0.25) is 0 Å². The Morgan fingerprint density at radius 2 is 1.81 bits per heavy atom. The number of sulfonamides is 1. The van der Waals surface area contributed by atoms with Crippen LogP contribution in [0.15, 0.2) is 48.5 Å². The monoisotopic (exact) mass is 389 g/mol. The first-order chi connectivity index (χ1) is 12.7. The van der Waals surface area contributed by atoms with Crippen LogP contribution in [0.25, 0.3) is 0 Å². The van der Waals surface area contributed by atoms with Crippen LogP contribution >= 0.6 is 0 Å². The lowest BCUT2D eigenvalue weighted by molar-refractivity contribution is -0.119. The van der Waals surface area contributed by atoms with Crippen LogP contribution in [0.1, 0.15) is 21.5 Å². The highest BCUT2D eigenvalue weighted by molar-refractivity contribution is 7.92. The summed E-state index contributed by atoms with van der Waals surface area (Å²) in [6.45, 7) is 1.80. The molecule has 0 bridgehead atoms. The molecule has 8 heteroatoms. The van der Waals surface area contributed by atoms with Crippen molar-refractivity contribution < 1.29 is 18.0 Å². The van der Waals surface area contributed by atoms with E-state index in [2.05, 4.69) is 5.32 Å². The summed E-state index contributed by atoms with van der Waals surface area (Å²) in [5.74, 6) is -0.919. The molecule has 2 aromatic rings. The standard InChI is InChI=1S/C19H23N3O4S/c1-14-6-3-4-9-17(14)22(27(2,25)26)13-18(23)21-11-10-15-7-5-8-16(12-15)19(20)24/h3-9,12H,10-11,13H2,1-2H3,(H2,20,24)(H,21,23). The van der Waals surface area contributed by atoms with Gasteiger partial charge in [-0.2, -0.15) is 0 Å². The molecule has 0 aliphatic carbocycles. The molecule has 0 aromatic heterocycles. The molecular weight excluding hydrogens is 366 g/mol. The number of carbonyl (C=O) groups excluding carboxylic acids is 2. The van der Waals surface area contributed by atoms with E-state index in [0.717, 1.165) is 21.7 Å². The van der Waals surface area contributed by atoms with Gasteiger partial charge in [-0.1, -0.05) is 30.3 Å². The van der Waals surface area contributed by atoms with E-state index in [1.54, 1.807) is 49.4 Å². The molecule has 0 heterocycles. The number of anilines is 1. The number of hydrogen-bond acceptors (Lipinski definition) is 4. The molecule has 0 aliphatic rings. The number of nitrogens with zero attached hydrogens (tertiary/aromatic N) is 1. The average Bonchev–Trinajstić information content (AvgIpc) is 2.60. The molecule has 0 radical (unpaired) electrons. The maximum atomic E-state index is 12.3. The lowest BCUT2D eigenvalue weighted by Gasteiger charge is -2.23. The third-order valence-electron chi connectivity index (χ3n) is 4.02. The van der Waals surface area contributed by atoms with Gasteiger partial charge in [0, 0.05) is 12.1 Å². The summed E-state index contributed by atoms with van der Waals surface area (Å²) >= 11 is 0. The van der Waals surface area contributed by atoms with Crippen LogP contribution in [0, 0.1) is 6.92 Å². The Hall–Kier alpha value is -2.87. The van der Waals surface area contributed by atoms with Gasteiger partial charge in [-0.05, 0) is 42.7 Å². The summed E-state index contributed by atoms with van der Waals surface area (Å²) < 4.78 is 25.3. The second kappa shape index (κ2) is 8.68. The first kappa shape index (κ1) is 20.4. The second-order valence-electron chi connectivity index (χ2n) is 6.22. The predicted molar refractivity (Wildman–Crippen MR) is 105 cm³/mol. The summed E-state index contributed by atoms with van der Waals surface area (Å²) in [7, 11) is -3.61. The van der Waals surface area contributed by atoms with Gasteiger partial charge in [-0.3, -0.25) is 13.9 Å². The van der Waals surface area contributed by atoms with E-state index in [1.807, 2.05) is 6.07 Å². The smallest absolute Gasteiger partial charge is 0.248 e. The molecule has 0 saturated heterocycles. The highest BCUT2D eigenvalue weighted by atomic mass is 32.2. The highest BCUT2D eigenvalue weighted by Crippen LogP contribution is 2.21. The molecular formula is C19H23N3O4S. The number of amides is 2. The summed E-state index contributed by atoms with van der Waals surface area (Å²) in [5, 5.41) is 2.71. The lowest BCUT2D eigenvalue weighted by atomic mass is 10.1. The third kappa shape index (κ3) is 5.82. The minimum atomic E-state index is -3.61. The molecule has 3 N–H and O–H groups in total. The SMILES string of the molecule is Cc1ccccc1N(CC(=O)NCCc1cccc(C(N)=O)c1)S(C)(=O)=O. The quantitative estimate of drug-likeness (QED) is 0.707. The summed E-state index contributed by atoms with van der Waals surface area (Å²) in [6.07, 6.45) is 1.57. The minimum absolute atomic E-state index is 0.301. The van der Waals surface area contributed by atoms with Crippen molar-refractivity contribution >= 4 is 27.5 Å². The van der Waals surface area contributed by atoms with Gasteiger partial charge in [0.1, 0.15) is 6.54 Å². The maximum absolute atomic E-state index is 12.3. The number of nitrogens with two attached hydrogens (primary N) is 1. The zero-order valence-electron chi connectivity index (χ0n) is 15.3. The van der Waals surface area contributed by atoms with E-state index in [1.165, 1.54) is 0 Å². The number of nitrogens with one attached hydrogen (secondary N) is 1. The van der Waals surface area contributed by atoms with Gasteiger partial charge in [-0.25, -0.2) is 8.42 Å². The minimum Gasteiger partial charge on any atom is -0.366 e. The van der Waals surface area contributed by atoms with Crippen LogP contribution in [0.5, 0.6) is 0 Å². The van der Waals surface area contributed by atoms with E-state index in [-0.39, 0.29) is 6.54 Å². The van der Waals surface area contributed by atoms with Crippen molar-refractivity contribution in [2.24, 2.45) is 5.73 Å². The van der Waals surface area contributed by atoms with Crippen LogP contribution < -0.4 is 15.4 Å². The number of rotatable bonds is 8. The number of carbonyl (C=O) groups is 2. The normalized spacial score (nSPS) is 11.0. The average molecular weight is 389 g/mol. The Bertz CT molecular complexity index is 941. The molecule has 0 unspecified atom stereocenters. The number of para-hydroxylation sites is 1. The van der Waals surface area contributed by atoms with Crippen LogP contribution in [0.3, 0.4) is 0 Å². The van der Waals surface area contributed by atoms with Crippen molar-refractivity contribution in [1.29, 1.82) is 0 Å². The zero-order chi connectivity index (χ0) is 20.0. The number of aryl methyl sites for hydroxylation is 1. The van der Waals surface area contributed by atoms with Gasteiger partial charge >= 0.3 is 0 Å². The van der Waals surface area contributed by atoms with Crippen molar-refractivity contribution in [3.63, 3.8) is 0 Å². The Morgan fingerprint density at radius 1 is 1.11 bits per heavy atom. The van der Waals surface area contributed by atoms with E-state index in [9.17, 15) is 18.0 Å². The van der Waals surface area contributed by atoms with Gasteiger partial charge in [0.25, 0.3) is 0 Å². The first-order valence-electron chi connectivity index (χ1n) is 8.37. The lowest BCUT2D eigenvalue weighted by Crippen LogP contribution is -2.41. The highest BCUT2D eigenvalue weighted by Gasteiger charge is 2.21. The Labute approximate surface area is 159 Å². The maximum Gasteiger partial charge on any atom is 0.248 e. The van der Waals surface area contributed by atoms with Gasteiger partial charge in [0.2, 0.25) is 21.8 Å². The number of hydrogen-bond donors (Lipinski definition) is 2. The molecule has 0 fully saturated rings. The van der Waals surface area contributed by atoms with E-state index in [4.69, 9.17) is 5.73 Å². The van der Waals surface area contributed by atoms with Crippen molar-refractivity contribution in [3.8, 4) is 0 Å². The largest absolute Gasteiger partial charge is 0.366 e. The molecule has 2 aromatic carbocycles. The van der Waals surface area contributed by atoms with E-state index >= 15 is 0 Å². The van der Waals surface area contributed by atoms with Gasteiger partial charge in [0.05, 0.1) is 11.9 Å². The molecule has 144 valence electrons. The molecule has 0 aliphatic heterocycles. The summed E-state index contributed by atoms with van der Waals surface area (Å²) in [5.41, 5.74) is 7.75. The fourth-order valence-electron chi connectivity index (χ4n) is 2.64. The first-order valence-corrected chi connectivity index (χ1v) is 10.2. The van der Waals surface area contributed by atoms with E-state index in [0.29, 0.717) is 24.2 Å². The Balaban J connectivity index is 2.00. The molecule has 0 atom stereocenters. The van der Waals surface area contributed by atoms with Crippen LogP contribution in [0.4, 0.5) is 5.69 Å². The van der Waals surface area contributed by atoms with Crippen molar-refractivity contribution in [2.75, 3.05) is 23.7 Å². The van der Waals surface area contributed by atoms with Gasteiger partial charge in [0.15, 0.2) is 0 Å². The number of benzene rings is 2. The third-order valence-corrected chi connectivity index (χ3v) is 5.15. The molecule has 0 spiro atoms. The predicted octanol–water partition coefficient (Wildman–Crippen LogP) is 1.22. The molecule has 27 heavy (non-hydrogen) atoms. The van der Waals surface area contributed by atoms with Crippen molar-refractivity contribution in [3.05, 3.63) is 65.2 Å². The Morgan fingerprint density at radius 3 is 2.44 bits per heavy atom. The van der Waals surface area contributed by atoms with Gasteiger partial charge in [-0.15, -0.1) is 0 Å². The topological polar surface area (TPSA) is 110 Å². The van der Waals surface area contributed by atoms with Crippen LogP contribution in [-0.2, 0) is 21.2 Å². The summed E-state index contributed by atoms with van der Waals surface area (Å²) in [4.78, 5) is 23.5. The fraction of sp³-hybridized carbons (Fsp3) is 0.263. The second-order valence-corrected chi connectivity index (χ2v) is 8.13. The van der Waals surface area contributed by atoms with Crippen molar-refractivity contribution in [1.82, 2.24) is 5.32 Å². The number of primary amides is 1. The Kier molecular flexibility index (Phi) is 6.57. The fourth-order valence-corrected chi connectivity index (χ4v) is 3.55. The molecule has 0 saturated carbocycles. The molecule has 7 nitrogen and oxygen atoms in total. The van der Waals surface area contributed by atoms with Crippen LogP contribution in [-0.4, -0.2) is 39.6 Å². The van der Waals surface area contributed by atoms with E-state index < -0.39 is 21.8 Å².